The summed E-state index contributed by atoms with van der Waals surface area (Å²) in [5.74, 6) is -0.159. The van der Waals surface area contributed by atoms with Crippen LogP contribution in [0.1, 0.15) is 10.4 Å². The molecule has 1 aliphatic heterocycles. The van der Waals surface area contributed by atoms with E-state index < -0.39 is 5.82 Å². The van der Waals surface area contributed by atoms with Crippen LogP contribution in [-0.4, -0.2) is 42.1 Å². The van der Waals surface area contributed by atoms with Crippen LogP contribution in [0.4, 0.5) is 26.2 Å². The highest BCUT2D eigenvalue weighted by molar-refractivity contribution is 5.95. The van der Waals surface area contributed by atoms with Crippen molar-refractivity contribution in [2.75, 3.05) is 30.4 Å². The van der Waals surface area contributed by atoms with E-state index in [1.165, 1.54) is 12.1 Å². The number of ether oxygens (including phenoxy) is 1. The number of hydrogen-bond donors (Lipinski definition) is 2. The maximum atomic E-state index is 14.3. The van der Waals surface area contributed by atoms with Gasteiger partial charge in [0.15, 0.2) is 11.6 Å². The van der Waals surface area contributed by atoms with Crippen molar-refractivity contribution >= 4 is 23.4 Å². The van der Waals surface area contributed by atoms with Crippen molar-refractivity contribution in [3.63, 3.8) is 0 Å². The quantitative estimate of drug-likeness (QED) is 0.649. The van der Waals surface area contributed by atoms with Crippen LogP contribution in [0.15, 0.2) is 54.7 Å². The van der Waals surface area contributed by atoms with Gasteiger partial charge in [0.2, 0.25) is 5.95 Å². The molecule has 154 valence electrons. The molecule has 3 aromatic rings. The SMILES string of the molecule is CNC(=O)c1cccc(Nc2ncc(F)c(N3CC(Oc4ccc(F)cc4)C3)n2)c1. The Morgan fingerprint density at radius 3 is 2.67 bits per heavy atom. The van der Waals surface area contributed by atoms with Crippen molar-refractivity contribution in [1.29, 1.82) is 0 Å². The average Bonchev–Trinajstić information content (AvgIpc) is 2.73. The van der Waals surface area contributed by atoms with E-state index in [1.54, 1.807) is 48.3 Å². The molecule has 2 heterocycles. The van der Waals surface area contributed by atoms with E-state index in [-0.39, 0.29) is 29.6 Å². The van der Waals surface area contributed by atoms with Gasteiger partial charge in [-0.15, -0.1) is 0 Å². The summed E-state index contributed by atoms with van der Waals surface area (Å²) in [4.78, 5) is 21.7. The Hall–Kier alpha value is -3.75. The highest BCUT2D eigenvalue weighted by Gasteiger charge is 2.31. The van der Waals surface area contributed by atoms with Crippen molar-refractivity contribution < 1.29 is 18.3 Å². The summed E-state index contributed by atoms with van der Waals surface area (Å²) in [6.45, 7) is 0.883. The van der Waals surface area contributed by atoms with Crippen LogP contribution in [-0.2, 0) is 0 Å². The maximum absolute atomic E-state index is 14.3. The zero-order chi connectivity index (χ0) is 21.1. The van der Waals surface area contributed by atoms with Crippen molar-refractivity contribution in [3.05, 3.63) is 71.9 Å². The van der Waals surface area contributed by atoms with E-state index in [9.17, 15) is 13.6 Å². The summed E-state index contributed by atoms with van der Waals surface area (Å²) >= 11 is 0. The van der Waals surface area contributed by atoms with Gasteiger partial charge in [-0.25, -0.2) is 13.8 Å². The molecule has 4 rings (SSSR count). The summed E-state index contributed by atoms with van der Waals surface area (Å²) < 4.78 is 33.0. The molecule has 0 spiro atoms. The number of nitrogens with one attached hydrogen (secondary N) is 2. The molecule has 0 aliphatic carbocycles. The maximum Gasteiger partial charge on any atom is 0.251 e. The largest absolute Gasteiger partial charge is 0.487 e. The van der Waals surface area contributed by atoms with Gasteiger partial charge in [0, 0.05) is 18.3 Å². The third-order valence-corrected chi connectivity index (χ3v) is 4.60. The first-order valence-electron chi connectivity index (χ1n) is 9.30. The lowest BCUT2D eigenvalue weighted by molar-refractivity contribution is 0.0963. The fourth-order valence-corrected chi connectivity index (χ4v) is 3.04. The number of halogens is 2. The predicted molar refractivity (Wildman–Crippen MR) is 108 cm³/mol. The zero-order valence-corrected chi connectivity index (χ0v) is 16.1. The van der Waals surface area contributed by atoms with E-state index in [0.29, 0.717) is 30.1 Å². The first-order chi connectivity index (χ1) is 14.5. The van der Waals surface area contributed by atoms with Crippen LogP contribution in [0.25, 0.3) is 0 Å². The Balaban J connectivity index is 1.42. The Morgan fingerprint density at radius 2 is 1.93 bits per heavy atom. The molecular weight excluding hydrogens is 392 g/mol. The normalized spacial score (nSPS) is 13.5. The molecule has 0 atom stereocenters. The highest BCUT2D eigenvalue weighted by Crippen LogP contribution is 2.26. The van der Waals surface area contributed by atoms with Crippen molar-refractivity contribution in [3.8, 4) is 5.75 Å². The summed E-state index contributed by atoms with van der Waals surface area (Å²) in [5.41, 5.74) is 1.09. The standard InChI is InChI=1S/C21H19F2N5O2/c1-24-20(29)13-3-2-4-15(9-13)26-21-25-10-18(23)19(27-21)28-11-17(12-28)30-16-7-5-14(22)6-8-16/h2-10,17H,11-12H2,1H3,(H,24,29)(H,25,26,27). The molecule has 1 fully saturated rings. The Labute approximate surface area is 171 Å². The minimum absolute atomic E-state index is 0.148. The molecule has 2 aromatic carbocycles. The van der Waals surface area contributed by atoms with Crippen molar-refractivity contribution in [1.82, 2.24) is 15.3 Å². The van der Waals surface area contributed by atoms with Gasteiger partial charge in [-0.3, -0.25) is 4.79 Å². The van der Waals surface area contributed by atoms with Crippen LogP contribution in [0.3, 0.4) is 0 Å². The molecule has 1 amide bonds. The van der Waals surface area contributed by atoms with Gasteiger partial charge in [0.1, 0.15) is 17.7 Å². The minimum atomic E-state index is -0.542. The van der Waals surface area contributed by atoms with Crippen molar-refractivity contribution in [2.45, 2.75) is 6.10 Å². The van der Waals surface area contributed by atoms with Crippen LogP contribution in [0, 0.1) is 11.6 Å². The Kier molecular flexibility index (Phi) is 5.42. The molecule has 0 bridgehead atoms. The molecule has 1 aromatic heterocycles. The van der Waals surface area contributed by atoms with E-state index >= 15 is 0 Å². The summed E-state index contributed by atoms with van der Waals surface area (Å²) in [7, 11) is 1.55. The average molecular weight is 411 g/mol. The number of aromatic nitrogens is 2. The second-order valence-electron chi connectivity index (χ2n) is 6.75. The molecule has 7 nitrogen and oxygen atoms in total. The van der Waals surface area contributed by atoms with E-state index in [2.05, 4.69) is 20.6 Å². The number of nitrogens with zero attached hydrogens (tertiary/aromatic N) is 3. The highest BCUT2D eigenvalue weighted by atomic mass is 19.1. The van der Waals surface area contributed by atoms with Gasteiger partial charge >= 0.3 is 0 Å². The van der Waals surface area contributed by atoms with Gasteiger partial charge in [-0.05, 0) is 42.5 Å². The van der Waals surface area contributed by atoms with Gasteiger partial charge in [0.25, 0.3) is 5.91 Å². The molecule has 1 aliphatic rings. The number of rotatable bonds is 6. The summed E-state index contributed by atoms with van der Waals surface area (Å²) in [6.07, 6.45) is 0.951. The van der Waals surface area contributed by atoms with E-state index in [4.69, 9.17) is 4.74 Å². The molecule has 0 unspecified atom stereocenters. The third-order valence-electron chi connectivity index (χ3n) is 4.60. The van der Waals surface area contributed by atoms with Gasteiger partial charge in [-0.1, -0.05) is 6.07 Å². The second-order valence-corrected chi connectivity index (χ2v) is 6.75. The smallest absolute Gasteiger partial charge is 0.251 e. The minimum Gasteiger partial charge on any atom is -0.487 e. The summed E-state index contributed by atoms with van der Waals surface area (Å²) in [5, 5.41) is 5.55. The Bertz CT molecular complexity index is 1060. The second kappa shape index (κ2) is 8.32. The summed E-state index contributed by atoms with van der Waals surface area (Å²) in [6, 6.07) is 12.6. The predicted octanol–water partition coefficient (Wildman–Crippen LogP) is 3.13. The number of hydrogen-bond acceptors (Lipinski definition) is 6. The first kappa shape index (κ1) is 19.6. The lowest BCUT2D eigenvalue weighted by atomic mass is 10.1. The molecule has 0 radical (unpaired) electrons. The molecule has 0 saturated carbocycles. The number of anilines is 3. The molecule has 2 N–H and O–H groups in total. The molecule has 30 heavy (non-hydrogen) atoms. The fraction of sp³-hybridized carbons (Fsp3) is 0.190. The number of carbonyl (C=O) groups excluding carboxylic acids is 1. The number of amides is 1. The van der Waals surface area contributed by atoms with Gasteiger partial charge in [-0.2, -0.15) is 4.98 Å². The van der Waals surface area contributed by atoms with Crippen molar-refractivity contribution in [2.24, 2.45) is 0 Å². The van der Waals surface area contributed by atoms with Crippen LogP contribution in [0.5, 0.6) is 5.75 Å². The lowest BCUT2D eigenvalue weighted by Crippen LogP contribution is -2.54. The Morgan fingerprint density at radius 1 is 1.17 bits per heavy atom. The van der Waals surface area contributed by atoms with Crippen LogP contribution >= 0.6 is 0 Å². The topological polar surface area (TPSA) is 79.4 Å². The molecule has 1 saturated heterocycles. The fourth-order valence-electron chi connectivity index (χ4n) is 3.04. The monoisotopic (exact) mass is 411 g/mol. The zero-order valence-electron chi connectivity index (χ0n) is 16.1. The number of benzene rings is 2. The van der Waals surface area contributed by atoms with E-state index in [1.807, 2.05) is 0 Å². The first-order valence-corrected chi connectivity index (χ1v) is 9.30. The van der Waals surface area contributed by atoms with Crippen LogP contribution < -0.4 is 20.3 Å². The molecule has 9 heteroatoms. The third kappa shape index (κ3) is 4.29. The van der Waals surface area contributed by atoms with Gasteiger partial charge < -0.3 is 20.3 Å². The number of carbonyl (C=O) groups is 1. The lowest BCUT2D eigenvalue weighted by Gasteiger charge is -2.39. The molecular formula is C21H19F2N5O2. The van der Waals surface area contributed by atoms with E-state index in [0.717, 1.165) is 6.20 Å². The van der Waals surface area contributed by atoms with Gasteiger partial charge in [0.05, 0.1) is 19.3 Å². The van der Waals surface area contributed by atoms with Crippen LogP contribution in [0.2, 0.25) is 0 Å².